The second-order valence-corrected chi connectivity index (χ2v) is 6.10. The van der Waals surface area contributed by atoms with Crippen molar-refractivity contribution >= 4 is 11.6 Å². The van der Waals surface area contributed by atoms with Gasteiger partial charge in [-0.15, -0.1) is 0 Å². The average Bonchev–Trinajstić information content (AvgIpc) is 2.62. The molecule has 0 saturated heterocycles. The van der Waals surface area contributed by atoms with Crippen LogP contribution in [0.15, 0.2) is 36.4 Å². The van der Waals surface area contributed by atoms with Crippen LogP contribution >= 0.6 is 0 Å². The predicted octanol–water partition coefficient (Wildman–Crippen LogP) is 3.76. The maximum absolute atomic E-state index is 12.4. The van der Waals surface area contributed by atoms with E-state index in [1.54, 1.807) is 32.4 Å². The van der Waals surface area contributed by atoms with E-state index in [1.165, 1.54) is 24.0 Å². The Kier molecular flexibility index (Phi) is 5.04. The largest absolute Gasteiger partial charge is 0.497 e. The number of anilines is 1. The molecule has 24 heavy (non-hydrogen) atoms. The van der Waals surface area contributed by atoms with Crippen LogP contribution in [0, 0.1) is 0 Å². The molecule has 0 unspecified atom stereocenters. The van der Waals surface area contributed by atoms with E-state index < -0.39 is 0 Å². The van der Waals surface area contributed by atoms with Crippen LogP contribution in [0.5, 0.6) is 11.5 Å². The Bertz CT molecular complexity index is 740. The zero-order chi connectivity index (χ0) is 16.9. The molecule has 3 rings (SSSR count). The second-order valence-electron chi connectivity index (χ2n) is 6.10. The van der Waals surface area contributed by atoms with Gasteiger partial charge in [0.2, 0.25) is 5.91 Å². The minimum atomic E-state index is -0.0470. The molecule has 4 nitrogen and oxygen atoms in total. The summed E-state index contributed by atoms with van der Waals surface area (Å²) in [5.41, 5.74) is 4.54. The number of carbonyl (C=O) groups excluding carboxylic acids is 1. The lowest BCUT2D eigenvalue weighted by atomic mass is 9.90. The topological polar surface area (TPSA) is 47.6 Å². The molecule has 0 aromatic heterocycles. The van der Waals surface area contributed by atoms with Crippen LogP contribution in [0.2, 0.25) is 0 Å². The third-order valence-corrected chi connectivity index (χ3v) is 4.46. The molecule has 2 aromatic rings. The Morgan fingerprint density at radius 1 is 1.00 bits per heavy atom. The van der Waals surface area contributed by atoms with Crippen LogP contribution in [0.25, 0.3) is 0 Å². The second kappa shape index (κ2) is 7.39. The first-order chi connectivity index (χ1) is 11.7. The van der Waals surface area contributed by atoms with Gasteiger partial charge in [0.25, 0.3) is 0 Å². The summed E-state index contributed by atoms with van der Waals surface area (Å²) in [4.78, 5) is 12.4. The number of benzene rings is 2. The zero-order valence-electron chi connectivity index (χ0n) is 14.2. The summed E-state index contributed by atoms with van der Waals surface area (Å²) in [5, 5.41) is 2.92. The fourth-order valence-corrected chi connectivity index (χ4v) is 3.18. The number of nitrogens with one attached hydrogen (secondary N) is 1. The third-order valence-electron chi connectivity index (χ3n) is 4.46. The molecular weight excluding hydrogens is 302 g/mol. The van der Waals surface area contributed by atoms with Crippen LogP contribution in [0.4, 0.5) is 5.69 Å². The molecule has 1 aliphatic carbocycles. The molecule has 0 spiro atoms. The van der Waals surface area contributed by atoms with Gasteiger partial charge in [-0.2, -0.15) is 0 Å². The van der Waals surface area contributed by atoms with E-state index in [9.17, 15) is 4.79 Å². The normalized spacial score (nSPS) is 13.1. The molecule has 1 aliphatic rings. The number of aryl methyl sites for hydroxylation is 2. The number of hydrogen-bond donors (Lipinski definition) is 1. The molecule has 0 fully saturated rings. The molecule has 0 heterocycles. The third kappa shape index (κ3) is 3.70. The van der Waals surface area contributed by atoms with Crippen molar-refractivity contribution in [1.29, 1.82) is 0 Å². The maximum atomic E-state index is 12.4. The fourth-order valence-electron chi connectivity index (χ4n) is 3.18. The van der Waals surface area contributed by atoms with Crippen molar-refractivity contribution < 1.29 is 14.3 Å². The summed E-state index contributed by atoms with van der Waals surface area (Å²) >= 11 is 0. The van der Waals surface area contributed by atoms with E-state index >= 15 is 0 Å². The van der Waals surface area contributed by atoms with E-state index in [-0.39, 0.29) is 5.91 Å². The van der Waals surface area contributed by atoms with E-state index in [2.05, 4.69) is 23.5 Å². The Balaban J connectivity index is 1.69. The maximum Gasteiger partial charge on any atom is 0.228 e. The number of methoxy groups -OCH3 is 2. The minimum absolute atomic E-state index is 0.0470. The predicted molar refractivity (Wildman–Crippen MR) is 95.0 cm³/mol. The first-order valence-corrected chi connectivity index (χ1v) is 8.32. The van der Waals surface area contributed by atoms with Gasteiger partial charge in [-0.25, -0.2) is 0 Å². The first kappa shape index (κ1) is 16.4. The number of fused-ring (bicyclic) bond motifs is 1. The van der Waals surface area contributed by atoms with E-state index in [4.69, 9.17) is 9.47 Å². The lowest BCUT2D eigenvalue weighted by Gasteiger charge is -2.16. The summed E-state index contributed by atoms with van der Waals surface area (Å²) in [7, 11) is 3.18. The van der Waals surface area contributed by atoms with Crippen LogP contribution in [-0.4, -0.2) is 20.1 Å². The molecule has 0 radical (unpaired) electrons. The Labute approximate surface area is 142 Å². The van der Waals surface area contributed by atoms with Gasteiger partial charge in [0.05, 0.1) is 26.3 Å². The van der Waals surface area contributed by atoms with Gasteiger partial charge in [0.1, 0.15) is 11.5 Å². The van der Waals surface area contributed by atoms with Crippen LogP contribution in [0.3, 0.4) is 0 Å². The molecular formula is C20H23NO3. The van der Waals surface area contributed by atoms with Crippen molar-refractivity contribution in [3.8, 4) is 11.5 Å². The standard InChI is InChI=1S/C20H23NO3/c1-23-17-9-10-18(19(13-17)24-2)21-20(22)12-14-7-8-15-5-3-4-6-16(15)11-14/h7-11,13H,3-6,12H2,1-2H3,(H,21,22). The average molecular weight is 325 g/mol. The van der Waals surface area contributed by atoms with Gasteiger partial charge < -0.3 is 14.8 Å². The highest BCUT2D eigenvalue weighted by Gasteiger charge is 2.13. The monoisotopic (exact) mass is 325 g/mol. The van der Waals surface area contributed by atoms with Crippen molar-refractivity contribution in [3.05, 3.63) is 53.1 Å². The van der Waals surface area contributed by atoms with Gasteiger partial charge in [0, 0.05) is 6.07 Å². The Hall–Kier alpha value is -2.49. The van der Waals surface area contributed by atoms with E-state index in [1.807, 2.05) is 0 Å². The summed E-state index contributed by atoms with van der Waals surface area (Å²) in [6.07, 6.45) is 5.15. The summed E-state index contributed by atoms with van der Waals surface area (Å²) in [5.74, 6) is 1.24. The number of carbonyl (C=O) groups is 1. The lowest BCUT2D eigenvalue weighted by molar-refractivity contribution is -0.115. The van der Waals surface area contributed by atoms with Crippen LogP contribution in [-0.2, 0) is 24.1 Å². The van der Waals surface area contributed by atoms with Crippen molar-refractivity contribution in [2.24, 2.45) is 0 Å². The van der Waals surface area contributed by atoms with Crippen molar-refractivity contribution in [2.75, 3.05) is 19.5 Å². The molecule has 0 saturated carbocycles. The molecule has 0 bridgehead atoms. The van der Waals surface area contributed by atoms with Crippen molar-refractivity contribution in [2.45, 2.75) is 32.1 Å². The highest BCUT2D eigenvalue weighted by atomic mass is 16.5. The smallest absolute Gasteiger partial charge is 0.228 e. The number of amides is 1. The molecule has 4 heteroatoms. The van der Waals surface area contributed by atoms with Crippen molar-refractivity contribution in [3.63, 3.8) is 0 Å². The Morgan fingerprint density at radius 3 is 2.54 bits per heavy atom. The molecule has 1 amide bonds. The molecule has 0 atom stereocenters. The highest BCUT2D eigenvalue weighted by Crippen LogP contribution is 2.29. The zero-order valence-corrected chi connectivity index (χ0v) is 14.2. The molecule has 126 valence electrons. The number of rotatable bonds is 5. The first-order valence-electron chi connectivity index (χ1n) is 8.32. The summed E-state index contributed by atoms with van der Waals surface area (Å²) < 4.78 is 10.5. The summed E-state index contributed by atoms with van der Waals surface area (Å²) in [6, 6.07) is 11.8. The van der Waals surface area contributed by atoms with Gasteiger partial charge in [0.15, 0.2) is 0 Å². The number of ether oxygens (including phenoxy) is 2. The van der Waals surface area contributed by atoms with E-state index in [0.29, 0.717) is 23.6 Å². The van der Waals surface area contributed by atoms with Gasteiger partial charge >= 0.3 is 0 Å². The van der Waals surface area contributed by atoms with Crippen LogP contribution < -0.4 is 14.8 Å². The minimum Gasteiger partial charge on any atom is -0.497 e. The molecule has 2 aromatic carbocycles. The lowest BCUT2D eigenvalue weighted by Crippen LogP contribution is -2.15. The number of hydrogen-bond acceptors (Lipinski definition) is 3. The molecule has 1 N–H and O–H groups in total. The molecule has 0 aliphatic heterocycles. The van der Waals surface area contributed by atoms with E-state index in [0.717, 1.165) is 18.4 Å². The summed E-state index contributed by atoms with van der Waals surface area (Å²) in [6.45, 7) is 0. The fraction of sp³-hybridized carbons (Fsp3) is 0.350. The SMILES string of the molecule is COc1ccc(NC(=O)Cc2ccc3c(c2)CCCC3)c(OC)c1. The van der Waals surface area contributed by atoms with Crippen molar-refractivity contribution in [1.82, 2.24) is 0 Å². The quantitative estimate of drug-likeness (QED) is 0.910. The van der Waals surface area contributed by atoms with Crippen LogP contribution in [0.1, 0.15) is 29.5 Å². The van der Waals surface area contributed by atoms with Gasteiger partial charge in [-0.1, -0.05) is 18.2 Å². The van der Waals surface area contributed by atoms with Gasteiger partial charge in [-0.05, 0) is 54.5 Å². The van der Waals surface area contributed by atoms with Gasteiger partial charge in [-0.3, -0.25) is 4.79 Å². The highest BCUT2D eigenvalue weighted by molar-refractivity contribution is 5.93. The Morgan fingerprint density at radius 2 is 1.79 bits per heavy atom.